The van der Waals surface area contributed by atoms with Crippen LogP contribution in [0.25, 0.3) is 16.7 Å². The summed E-state index contributed by atoms with van der Waals surface area (Å²) in [6, 6.07) is 12.8. The SMILES string of the molecule is O=c1cc(N2CCOCC2)n(-c2cccc(Cl)c2)c2ncccc12. The third-order valence-electron chi connectivity index (χ3n) is 4.15. The Balaban J connectivity index is 2.03. The number of hydrogen-bond acceptors (Lipinski definition) is 4. The molecule has 0 aliphatic carbocycles. The quantitative estimate of drug-likeness (QED) is 0.719. The number of hydrogen-bond donors (Lipinski definition) is 0. The molecule has 6 heteroatoms. The molecule has 4 rings (SSSR count). The van der Waals surface area contributed by atoms with Crippen molar-refractivity contribution in [3.05, 3.63) is 63.9 Å². The second kappa shape index (κ2) is 6.26. The summed E-state index contributed by atoms with van der Waals surface area (Å²) in [5.41, 5.74) is 1.49. The van der Waals surface area contributed by atoms with Crippen molar-refractivity contribution < 1.29 is 4.74 Å². The standard InChI is InChI=1S/C18H16ClN3O2/c19-13-3-1-4-14(11-13)22-17(21-7-9-24-10-8-21)12-16(23)15-5-2-6-20-18(15)22/h1-6,11-12H,7-10H2. The lowest BCUT2D eigenvalue weighted by Gasteiger charge is -2.31. The molecule has 1 fully saturated rings. The van der Waals surface area contributed by atoms with Crippen LogP contribution in [0.1, 0.15) is 0 Å². The topological polar surface area (TPSA) is 47.4 Å². The van der Waals surface area contributed by atoms with Crippen LogP contribution in [0.4, 0.5) is 5.82 Å². The van der Waals surface area contributed by atoms with Crippen LogP contribution in [0, 0.1) is 0 Å². The van der Waals surface area contributed by atoms with Gasteiger partial charge in [0.1, 0.15) is 11.5 Å². The first kappa shape index (κ1) is 15.2. The molecular weight excluding hydrogens is 326 g/mol. The summed E-state index contributed by atoms with van der Waals surface area (Å²) in [6.45, 7) is 2.75. The van der Waals surface area contributed by atoms with E-state index in [1.807, 2.05) is 28.8 Å². The van der Waals surface area contributed by atoms with Crippen molar-refractivity contribution in [2.24, 2.45) is 0 Å². The fourth-order valence-corrected chi connectivity index (χ4v) is 3.21. The van der Waals surface area contributed by atoms with E-state index >= 15 is 0 Å². The number of nitrogens with zero attached hydrogens (tertiary/aromatic N) is 3. The zero-order valence-corrected chi connectivity index (χ0v) is 13.7. The molecule has 5 nitrogen and oxygen atoms in total. The minimum absolute atomic E-state index is 0.0298. The lowest BCUT2D eigenvalue weighted by Crippen LogP contribution is -2.38. The van der Waals surface area contributed by atoms with Gasteiger partial charge in [0.15, 0.2) is 5.43 Å². The van der Waals surface area contributed by atoms with Crippen molar-refractivity contribution in [2.45, 2.75) is 0 Å². The van der Waals surface area contributed by atoms with Gasteiger partial charge in [-0.2, -0.15) is 0 Å². The molecule has 0 amide bonds. The maximum atomic E-state index is 12.6. The van der Waals surface area contributed by atoms with Gasteiger partial charge in [-0.1, -0.05) is 17.7 Å². The molecule has 0 atom stereocenters. The van der Waals surface area contributed by atoms with Crippen molar-refractivity contribution in [3.63, 3.8) is 0 Å². The third kappa shape index (κ3) is 2.66. The van der Waals surface area contributed by atoms with Crippen LogP contribution in [-0.4, -0.2) is 35.9 Å². The molecule has 0 spiro atoms. The smallest absolute Gasteiger partial charge is 0.193 e. The highest BCUT2D eigenvalue weighted by Gasteiger charge is 2.19. The van der Waals surface area contributed by atoms with Crippen LogP contribution < -0.4 is 10.3 Å². The highest BCUT2D eigenvalue weighted by Crippen LogP contribution is 2.26. The summed E-state index contributed by atoms with van der Waals surface area (Å²) < 4.78 is 7.43. The van der Waals surface area contributed by atoms with Gasteiger partial charge in [0.05, 0.1) is 24.3 Å². The van der Waals surface area contributed by atoms with Gasteiger partial charge in [-0.05, 0) is 30.3 Å². The monoisotopic (exact) mass is 341 g/mol. The minimum atomic E-state index is -0.0298. The van der Waals surface area contributed by atoms with E-state index in [0.717, 1.165) is 24.6 Å². The molecule has 1 aromatic carbocycles. The molecule has 0 saturated carbocycles. The van der Waals surface area contributed by atoms with Crippen molar-refractivity contribution >= 4 is 28.5 Å². The van der Waals surface area contributed by atoms with E-state index in [1.165, 1.54) is 0 Å². The maximum Gasteiger partial charge on any atom is 0.193 e. The second-order valence-corrected chi connectivity index (χ2v) is 6.09. The van der Waals surface area contributed by atoms with Crippen molar-refractivity contribution in [2.75, 3.05) is 31.2 Å². The predicted octanol–water partition coefficient (Wildman–Crippen LogP) is 2.88. The molecule has 0 radical (unpaired) electrons. The first-order valence-electron chi connectivity index (χ1n) is 7.83. The van der Waals surface area contributed by atoms with Gasteiger partial charge in [0.2, 0.25) is 0 Å². The summed E-state index contributed by atoms with van der Waals surface area (Å²) in [4.78, 5) is 19.2. The van der Waals surface area contributed by atoms with Gasteiger partial charge >= 0.3 is 0 Å². The number of rotatable bonds is 2. The van der Waals surface area contributed by atoms with Crippen LogP contribution in [0.3, 0.4) is 0 Å². The number of ether oxygens (including phenoxy) is 1. The molecule has 1 saturated heterocycles. The highest BCUT2D eigenvalue weighted by molar-refractivity contribution is 6.30. The van der Waals surface area contributed by atoms with Crippen LogP contribution in [0.15, 0.2) is 53.5 Å². The van der Waals surface area contributed by atoms with Crippen molar-refractivity contribution in [3.8, 4) is 5.69 Å². The molecule has 3 aromatic rings. The number of fused-ring (bicyclic) bond motifs is 1. The molecule has 24 heavy (non-hydrogen) atoms. The Hall–Kier alpha value is -2.37. The predicted molar refractivity (Wildman–Crippen MR) is 95.4 cm³/mol. The van der Waals surface area contributed by atoms with E-state index in [-0.39, 0.29) is 5.43 Å². The summed E-state index contributed by atoms with van der Waals surface area (Å²) in [6.07, 6.45) is 1.70. The number of benzene rings is 1. The second-order valence-electron chi connectivity index (χ2n) is 5.66. The molecule has 0 N–H and O–H groups in total. The Bertz CT molecular complexity index is 948. The van der Waals surface area contributed by atoms with E-state index in [9.17, 15) is 4.79 Å². The maximum absolute atomic E-state index is 12.6. The molecule has 2 aromatic heterocycles. The van der Waals surface area contributed by atoms with Crippen LogP contribution in [0.5, 0.6) is 0 Å². The Morgan fingerprint density at radius 3 is 2.71 bits per heavy atom. The Kier molecular flexibility index (Phi) is 3.96. The van der Waals surface area contributed by atoms with E-state index in [4.69, 9.17) is 16.3 Å². The minimum Gasteiger partial charge on any atom is -0.378 e. The molecule has 0 bridgehead atoms. The van der Waals surface area contributed by atoms with Crippen molar-refractivity contribution in [1.82, 2.24) is 9.55 Å². The summed E-state index contributed by atoms with van der Waals surface area (Å²) >= 11 is 6.19. The van der Waals surface area contributed by atoms with Crippen molar-refractivity contribution in [1.29, 1.82) is 0 Å². The van der Waals surface area contributed by atoms with Crippen LogP contribution in [0.2, 0.25) is 5.02 Å². The summed E-state index contributed by atoms with van der Waals surface area (Å²) in [5, 5.41) is 1.23. The normalized spacial score (nSPS) is 15.0. The van der Waals surface area contributed by atoms with Gasteiger partial charge in [-0.25, -0.2) is 4.98 Å². The molecule has 1 aliphatic heterocycles. The van der Waals surface area contributed by atoms with Crippen LogP contribution >= 0.6 is 11.6 Å². The highest BCUT2D eigenvalue weighted by atomic mass is 35.5. The lowest BCUT2D eigenvalue weighted by molar-refractivity contribution is 0.122. The van der Waals surface area contributed by atoms with Crippen LogP contribution in [-0.2, 0) is 4.74 Å². The first-order chi connectivity index (χ1) is 11.7. The fraction of sp³-hybridized carbons (Fsp3) is 0.222. The average molecular weight is 342 g/mol. The van der Waals surface area contributed by atoms with Gasteiger partial charge in [-0.15, -0.1) is 0 Å². The van der Waals surface area contributed by atoms with Gasteiger partial charge in [0.25, 0.3) is 0 Å². The number of halogens is 1. The Labute approximate surface area is 144 Å². The van der Waals surface area contributed by atoms with E-state index in [0.29, 0.717) is 29.3 Å². The molecule has 3 heterocycles. The zero-order chi connectivity index (χ0) is 16.5. The van der Waals surface area contributed by atoms with E-state index in [2.05, 4.69) is 9.88 Å². The number of anilines is 1. The largest absolute Gasteiger partial charge is 0.378 e. The third-order valence-corrected chi connectivity index (χ3v) is 4.39. The summed E-state index contributed by atoms with van der Waals surface area (Å²) in [5.74, 6) is 0.816. The lowest BCUT2D eigenvalue weighted by atomic mass is 10.2. The van der Waals surface area contributed by atoms with E-state index in [1.54, 1.807) is 24.4 Å². The molecule has 1 aliphatic rings. The Morgan fingerprint density at radius 2 is 1.92 bits per heavy atom. The fourth-order valence-electron chi connectivity index (χ4n) is 3.03. The van der Waals surface area contributed by atoms with E-state index < -0.39 is 0 Å². The number of aromatic nitrogens is 2. The number of morpholine rings is 1. The first-order valence-corrected chi connectivity index (χ1v) is 8.21. The zero-order valence-electron chi connectivity index (χ0n) is 13.0. The summed E-state index contributed by atoms with van der Waals surface area (Å²) in [7, 11) is 0. The number of pyridine rings is 2. The van der Waals surface area contributed by atoms with Gasteiger partial charge in [0, 0.05) is 30.4 Å². The van der Waals surface area contributed by atoms with Gasteiger partial charge < -0.3 is 9.64 Å². The average Bonchev–Trinajstić information content (AvgIpc) is 2.62. The Morgan fingerprint density at radius 1 is 1.08 bits per heavy atom. The van der Waals surface area contributed by atoms with Gasteiger partial charge in [-0.3, -0.25) is 9.36 Å². The molecular formula is C18H16ClN3O2. The molecule has 0 unspecified atom stereocenters. The molecule has 122 valence electrons.